The molecule has 0 aliphatic carbocycles. The number of fused-ring (bicyclic) bond motifs is 1. The number of nitrogens with one attached hydrogen (secondary N) is 1. The van der Waals surface area contributed by atoms with Crippen molar-refractivity contribution in [1.29, 1.82) is 0 Å². The zero-order chi connectivity index (χ0) is 16.9. The molecule has 1 unspecified atom stereocenters. The predicted molar refractivity (Wildman–Crippen MR) is 112 cm³/mol. The topological polar surface area (TPSA) is 55.3 Å². The van der Waals surface area contributed by atoms with Crippen LogP contribution < -0.4 is 14.8 Å². The van der Waals surface area contributed by atoms with Crippen LogP contribution in [0.5, 0.6) is 11.5 Å². The number of ether oxygens (including phenoxy) is 3. The van der Waals surface area contributed by atoms with Gasteiger partial charge in [0.25, 0.3) is 0 Å². The molecule has 0 spiro atoms. The van der Waals surface area contributed by atoms with E-state index < -0.39 is 0 Å². The lowest BCUT2D eigenvalue weighted by molar-refractivity contribution is 0.157. The van der Waals surface area contributed by atoms with Crippen LogP contribution in [0.2, 0.25) is 0 Å². The van der Waals surface area contributed by atoms with Gasteiger partial charge in [-0.3, -0.25) is 0 Å². The first-order valence-electron chi connectivity index (χ1n) is 8.31. The second-order valence-corrected chi connectivity index (χ2v) is 6.89. The third-order valence-electron chi connectivity index (χ3n) is 4.22. The zero-order valence-electron chi connectivity index (χ0n) is 14.6. The Balaban J connectivity index is 0.00000225. The quantitative estimate of drug-likeness (QED) is 0.363. The highest BCUT2D eigenvalue weighted by atomic mass is 127. The lowest BCUT2D eigenvalue weighted by Crippen LogP contribution is -2.40. The van der Waals surface area contributed by atoms with Crippen LogP contribution in [0.25, 0.3) is 0 Å². The number of benzene rings is 1. The van der Waals surface area contributed by atoms with Crippen LogP contribution in [-0.2, 0) is 11.3 Å². The van der Waals surface area contributed by atoms with E-state index in [0.717, 1.165) is 60.2 Å². The van der Waals surface area contributed by atoms with Gasteiger partial charge in [-0.1, -0.05) is 0 Å². The molecule has 0 amide bonds. The second-order valence-electron chi connectivity index (χ2n) is 6.04. The third-order valence-corrected chi connectivity index (χ3v) is 4.81. The Morgan fingerprint density at radius 1 is 1.44 bits per heavy atom. The first-order chi connectivity index (χ1) is 11.7. The minimum Gasteiger partial charge on any atom is -0.454 e. The highest BCUT2D eigenvalue weighted by Crippen LogP contribution is 2.40. The summed E-state index contributed by atoms with van der Waals surface area (Å²) in [6.07, 6.45) is 1.15. The molecule has 140 valence electrons. The van der Waals surface area contributed by atoms with Gasteiger partial charge in [-0.2, -0.15) is 0 Å². The summed E-state index contributed by atoms with van der Waals surface area (Å²) in [7, 11) is 1.76. The van der Waals surface area contributed by atoms with Crippen molar-refractivity contribution in [3.63, 3.8) is 0 Å². The lowest BCUT2D eigenvalue weighted by atomic mass is 10.1. The molecule has 1 N–H and O–H groups in total. The van der Waals surface area contributed by atoms with Crippen molar-refractivity contribution in [2.45, 2.75) is 19.9 Å². The molecule has 0 bridgehead atoms. The van der Waals surface area contributed by atoms with Crippen molar-refractivity contribution in [3.05, 3.63) is 22.2 Å². The summed E-state index contributed by atoms with van der Waals surface area (Å²) < 4.78 is 17.1. The molecule has 0 saturated carbocycles. The lowest BCUT2D eigenvalue weighted by Gasteiger charge is -2.21. The standard InChI is InChI=1S/C17H24BrN3O3.HI/c1-3-19-17(21-5-4-12(9-21)10-22-2)20-8-13-6-14(18)16-15(7-13)23-11-24-16;/h6-7,12H,3-5,8-11H2,1-2H3,(H,19,20);1H. The predicted octanol–water partition coefficient (Wildman–Crippen LogP) is 3.23. The fourth-order valence-corrected chi connectivity index (χ4v) is 3.70. The molecular formula is C17H25BrIN3O3. The van der Waals surface area contributed by atoms with Gasteiger partial charge in [-0.15, -0.1) is 24.0 Å². The van der Waals surface area contributed by atoms with Crippen molar-refractivity contribution in [1.82, 2.24) is 10.2 Å². The molecule has 1 aromatic rings. The first kappa shape index (κ1) is 20.6. The van der Waals surface area contributed by atoms with E-state index in [-0.39, 0.29) is 30.8 Å². The van der Waals surface area contributed by atoms with Crippen molar-refractivity contribution < 1.29 is 14.2 Å². The van der Waals surface area contributed by atoms with Crippen LogP contribution in [0.1, 0.15) is 18.9 Å². The van der Waals surface area contributed by atoms with Crippen molar-refractivity contribution >= 4 is 45.9 Å². The average molecular weight is 526 g/mol. The van der Waals surface area contributed by atoms with Gasteiger partial charge in [-0.05, 0) is 47.0 Å². The molecule has 2 aliphatic heterocycles. The summed E-state index contributed by atoms with van der Waals surface area (Å²) in [6.45, 7) is 6.64. The van der Waals surface area contributed by atoms with Crippen molar-refractivity contribution in [3.8, 4) is 11.5 Å². The molecule has 2 aliphatic rings. The summed E-state index contributed by atoms with van der Waals surface area (Å²) >= 11 is 3.53. The number of nitrogens with zero attached hydrogens (tertiary/aromatic N) is 2. The van der Waals surface area contributed by atoms with E-state index in [9.17, 15) is 0 Å². The van der Waals surface area contributed by atoms with Crippen molar-refractivity contribution in [2.75, 3.05) is 40.1 Å². The van der Waals surface area contributed by atoms with E-state index >= 15 is 0 Å². The normalized spacial score (nSPS) is 19.1. The minimum absolute atomic E-state index is 0. The van der Waals surface area contributed by atoms with Gasteiger partial charge in [0.05, 0.1) is 17.6 Å². The van der Waals surface area contributed by atoms with Crippen LogP contribution in [0.15, 0.2) is 21.6 Å². The smallest absolute Gasteiger partial charge is 0.231 e. The molecule has 8 heteroatoms. The molecule has 1 saturated heterocycles. The number of halogens is 2. The zero-order valence-corrected chi connectivity index (χ0v) is 18.5. The van der Waals surface area contributed by atoms with E-state index in [1.54, 1.807) is 7.11 Å². The fraction of sp³-hybridized carbons (Fsp3) is 0.588. The molecular weight excluding hydrogens is 501 g/mol. The highest BCUT2D eigenvalue weighted by Gasteiger charge is 2.25. The summed E-state index contributed by atoms with van der Waals surface area (Å²) in [5.41, 5.74) is 1.09. The molecule has 2 heterocycles. The number of likely N-dealkylation sites (tertiary alicyclic amines) is 1. The molecule has 0 radical (unpaired) electrons. The molecule has 6 nitrogen and oxygen atoms in total. The second kappa shape index (κ2) is 9.82. The van der Waals surface area contributed by atoms with Crippen LogP contribution in [0.4, 0.5) is 0 Å². The van der Waals surface area contributed by atoms with Crippen LogP contribution in [0, 0.1) is 5.92 Å². The van der Waals surface area contributed by atoms with Gasteiger partial charge in [0.1, 0.15) is 0 Å². The maximum absolute atomic E-state index is 5.47. The Kier molecular flexibility index (Phi) is 8.08. The summed E-state index contributed by atoms with van der Waals surface area (Å²) in [5, 5.41) is 3.39. The van der Waals surface area contributed by atoms with Gasteiger partial charge < -0.3 is 24.4 Å². The Morgan fingerprint density at radius 3 is 3.04 bits per heavy atom. The number of methoxy groups -OCH3 is 1. The summed E-state index contributed by atoms with van der Waals surface area (Å²) in [6, 6.07) is 4.04. The monoisotopic (exact) mass is 525 g/mol. The molecule has 0 aromatic heterocycles. The van der Waals surface area contributed by atoms with Gasteiger partial charge in [0.15, 0.2) is 17.5 Å². The number of aliphatic imine (C=N–C) groups is 1. The average Bonchev–Trinajstić information content (AvgIpc) is 3.21. The van der Waals surface area contributed by atoms with Gasteiger partial charge >= 0.3 is 0 Å². The minimum atomic E-state index is 0. The highest BCUT2D eigenvalue weighted by molar-refractivity contribution is 14.0. The van der Waals surface area contributed by atoms with E-state index in [1.165, 1.54) is 0 Å². The Morgan fingerprint density at radius 2 is 2.28 bits per heavy atom. The van der Waals surface area contributed by atoms with Crippen LogP contribution in [-0.4, -0.2) is 51.0 Å². The summed E-state index contributed by atoms with van der Waals surface area (Å²) in [5.74, 6) is 3.10. The van der Waals surface area contributed by atoms with E-state index in [4.69, 9.17) is 19.2 Å². The molecule has 25 heavy (non-hydrogen) atoms. The van der Waals surface area contributed by atoms with Gasteiger partial charge in [0, 0.05) is 32.7 Å². The molecule has 1 atom stereocenters. The SMILES string of the molecule is CCNC(=NCc1cc(Br)c2c(c1)OCO2)N1CCC(COC)C1.I. The Hall–Kier alpha value is -0.740. The van der Waals surface area contributed by atoms with Crippen LogP contribution >= 0.6 is 39.9 Å². The van der Waals surface area contributed by atoms with E-state index in [2.05, 4.69) is 33.1 Å². The Bertz CT molecular complexity index is 615. The maximum atomic E-state index is 5.47. The largest absolute Gasteiger partial charge is 0.454 e. The number of hydrogen-bond acceptors (Lipinski definition) is 4. The maximum Gasteiger partial charge on any atom is 0.231 e. The van der Waals surface area contributed by atoms with Crippen LogP contribution in [0.3, 0.4) is 0 Å². The summed E-state index contributed by atoms with van der Waals surface area (Å²) in [4.78, 5) is 7.12. The number of guanidine groups is 1. The van der Waals surface area contributed by atoms with Gasteiger partial charge in [-0.25, -0.2) is 4.99 Å². The fourth-order valence-electron chi connectivity index (χ4n) is 3.10. The first-order valence-corrected chi connectivity index (χ1v) is 9.10. The molecule has 1 aromatic carbocycles. The number of hydrogen-bond donors (Lipinski definition) is 1. The van der Waals surface area contributed by atoms with E-state index in [0.29, 0.717) is 12.5 Å². The Labute approximate surface area is 174 Å². The molecule has 3 rings (SSSR count). The number of rotatable bonds is 5. The molecule has 1 fully saturated rings. The van der Waals surface area contributed by atoms with Crippen molar-refractivity contribution in [2.24, 2.45) is 10.9 Å². The van der Waals surface area contributed by atoms with Gasteiger partial charge in [0.2, 0.25) is 6.79 Å². The van der Waals surface area contributed by atoms with E-state index in [1.807, 2.05) is 12.1 Å². The third kappa shape index (κ3) is 5.13.